The second kappa shape index (κ2) is 11.7. The molecule has 21 heavy (non-hydrogen) atoms. The number of hydrazine groups is 1. The molecule has 5 heteroatoms. The Bertz CT molecular complexity index is 350. The summed E-state index contributed by atoms with van der Waals surface area (Å²) in [6, 6.07) is 0.311. The van der Waals surface area contributed by atoms with Crippen LogP contribution in [0.4, 0.5) is 0 Å². The zero-order valence-corrected chi connectivity index (χ0v) is 13.9. The molecule has 0 saturated heterocycles. The Morgan fingerprint density at radius 1 is 1.10 bits per heavy atom. The van der Waals surface area contributed by atoms with E-state index < -0.39 is 0 Å². The van der Waals surface area contributed by atoms with Crippen LogP contribution in [0.5, 0.6) is 0 Å². The minimum atomic E-state index is 0.311. The minimum Gasteiger partial charge on any atom is -0.271 e. The van der Waals surface area contributed by atoms with Gasteiger partial charge in [0.2, 0.25) is 0 Å². The van der Waals surface area contributed by atoms with Crippen LogP contribution in [0.3, 0.4) is 0 Å². The monoisotopic (exact) mass is 295 g/mol. The molecular formula is C16H33N5. The summed E-state index contributed by atoms with van der Waals surface area (Å²) in [4.78, 5) is 0. The van der Waals surface area contributed by atoms with Gasteiger partial charge in [-0.3, -0.25) is 16.0 Å². The highest BCUT2D eigenvalue weighted by Gasteiger charge is 2.09. The number of aromatic nitrogens is 3. The molecule has 1 rings (SSSR count). The Hall–Kier alpha value is -0.940. The number of unbranched alkanes of at least 4 members (excludes halogenated alkanes) is 8. The van der Waals surface area contributed by atoms with Crippen LogP contribution in [-0.2, 0) is 13.5 Å². The number of hydrogen-bond acceptors (Lipinski definition) is 4. The van der Waals surface area contributed by atoms with Crippen molar-refractivity contribution in [2.24, 2.45) is 12.9 Å². The first-order valence-corrected chi connectivity index (χ1v) is 8.57. The molecule has 1 heterocycles. The predicted octanol–water partition coefficient (Wildman–Crippen LogP) is 3.11. The second-order valence-corrected chi connectivity index (χ2v) is 6.07. The van der Waals surface area contributed by atoms with Crippen LogP contribution in [-0.4, -0.2) is 21.0 Å². The maximum absolute atomic E-state index is 5.63. The van der Waals surface area contributed by atoms with Crippen molar-refractivity contribution in [3.05, 3.63) is 11.9 Å². The highest BCUT2D eigenvalue weighted by atomic mass is 15.4. The van der Waals surface area contributed by atoms with Crippen LogP contribution in [0.1, 0.15) is 76.8 Å². The Balaban J connectivity index is 1.99. The van der Waals surface area contributed by atoms with Crippen molar-refractivity contribution in [1.29, 1.82) is 0 Å². The maximum atomic E-state index is 5.63. The van der Waals surface area contributed by atoms with Crippen molar-refractivity contribution < 1.29 is 0 Å². The third-order valence-corrected chi connectivity index (χ3v) is 4.00. The van der Waals surface area contributed by atoms with Gasteiger partial charge in [0.15, 0.2) is 0 Å². The number of aryl methyl sites for hydroxylation is 1. The normalized spacial score (nSPS) is 12.7. The summed E-state index contributed by atoms with van der Waals surface area (Å²) in [5, 5.41) is 8.07. The Morgan fingerprint density at radius 3 is 2.24 bits per heavy atom. The molecule has 0 aliphatic heterocycles. The lowest BCUT2D eigenvalue weighted by atomic mass is 10.0. The van der Waals surface area contributed by atoms with E-state index in [9.17, 15) is 0 Å². The van der Waals surface area contributed by atoms with Gasteiger partial charge < -0.3 is 0 Å². The molecule has 0 aliphatic carbocycles. The average Bonchev–Trinajstić information content (AvgIpc) is 2.89. The van der Waals surface area contributed by atoms with E-state index in [4.69, 9.17) is 5.84 Å². The molecule has 3 N–H and O–H groups in total. The van der Waals surface area contributed by atoms with E-state index >= 15 is 0 Å². The SMILES string of the molecule is CCCCCCCCCCCC(Cc1cn(C)nn1)NN. The summed E-state index contributed by atoms with van der Waals surface area (Å²) < 4.78 is 1.74. The molecule has 0 amide bonds. The zero-order chi connectivity index (χ0) is 15.3. The van der Waals surface area contributed by atoms with Crippen LogP contribution in [0.15, 0.2) is 6.20 Å². The molecule has 1 aromatic heterocycles. The molecule has 0 aliphatic rings. The van der Waals surface area contributed by atoms with E-state index in [0.29, 0.717) is 6.04 Å². The number of nitrogens with one attached hydrogen (secondary N) is 1. The molecule has 1 aromatic rings. The minimum absolute atomic E-state index is 0.311. The summed E-state index contributed by atoms with van der Waals surface area (Å²) in [7, 11) is 1.89. The lowest BCUT2D eigenvalue weighted by Gasteiger charge is -2.14. The van der Waals surface area contributed by atoms with Crippen molar-refractivity contribution >= 4 is 0 Å². The number of hydrogen-bond donors (Lipinski definition) is 2. The summed E-state index contributed by atoms with van der Waals surface area (Å²) in [5.74, 6) is 5.63. The van der Waals surface area contributed by atoms with E-state index in [0.717, 1.165) is 18.5 Å². The standard InChI is InChI=1S/C16H33N5/c1-3-4-5-6-7-8-9-10-11-12-15(18-17)13-16-14-21(2)20-19-16/h14-15,18H,3-13,17H2,1-2H3. The predicted molar refractivity (Wildman–Crippen MR) is 87.7 cm³/mol. The van der Waals surface area contributed by atoms with E-state index in [2.05, 4.69) is 22.7 Å². The zero-order valence-electron chi connectivity index (χ0n) is 13.9. The van der Waals surface area contributed by atoms with E-state index in [1.165, 1.54) is 57.8 Å². The van der Waals surface area contributed by atoms with E-state index in [1.54, 1.807) is 4.68 Å². The quantitative estimate of drug-likeness (QED) is 0.333. The lowest BCUT2D eigenvalue weighted by molar-refractivity contribution is 0.454. The van der Waals surface area contributed by atoms with Crippen molar-refractivity contribution in [2.75, 3.05) is 0 Å². The summed E-state index contributed by atoms with van der Waals surface area (Å²) >= 11 is 0. The first-order chi connectivity index (χ1) is 10.3. The van der Waals surface area contributed by atoms with Gasteiger partial charge in [-0.1, -0.05) is 69.9 Å². The molecule has 0 saturated carbocycles. The first kappa shape index (κ1) is 18.1. The molecule has 1 unspecified atom stereocenters. The molecule has 0 aromatic carbocycles. The maximum Gasteiger partial charge on any atom is 0.0843 e. The highest BCUT2D eigenvalue weighted by Crippen LogP contribution is 2.12. The fourth-order valence-corrected chi connectivity index (χ4v) is 2.69. The Labute approximate surface area is 129 Å². The number of nitrogens with zero attached hydrogens (tertiary/aromatic N) is 3. The third-order valence-electron chi connectivity index (χ3n) is 4.00. The van der Waals surface area contributed by atoms with Crippen LogP contribution in [0, 0.1) is 0 Å². The van der Waals surface area contributed by atoms with Crippen molar-refractivity contribution in [1.82, 2.24) is 20.4 Å². The third kappa shape index (κ3) is 8.83. The number of rotatable bonds is 13. The second-order valence-electron chi connectivity index (χ2n) is 6.07. The largest absolute Gasteiger partial charge is 0.271 e. The topological polar surface area (TPSA) is 68.8 Å². The molecule has 0 radical (unpaired) electrons. The van der Waals surface area contributed by atoms with Gasteiger partial charge in [0.05, 0.1) is 5.69 Å². The van der Waals surface area contributed by atoms with Gasteiger partial charge in [-0.25, -0.2) is 0 Å². The molecule has 0 fully saturated rings. The van der Waals surface area contributed by atoms with Gasteiger partial charge in [0.1, 0.15) is 0 Å². The molecule has 0 bridgehead atoms. The first-order valence-electron chi connectivity index (χ1n) is 8.57. The van der Waals surface area contributed by atoms with Crippen molar-refractivity contribution in [2.45, 2.75) is 83.6 Å². The fourth-order valence-electron chi connectivity index (χ4n) is 2.69. The summed E-state index contributed by atoms with van der Waals surface area (Å²) in [6.45, 7) is 2.27. The van der Waals surface area contributed by atoms with Gasteiger partial charge in [-0.2, -0.15) is 0 Å². The Kier molecular flexibility index (Phi) is 10.1. The van der Waals surface area contributed by atoms with Crippen molar-refractivity contribution in [3.63, 3.8) is 0 Å². The summed E-state index contributed by atoms with van der Waals surface area (Å²) in [6.07, 6.45) is 16.2. The van der Waals surface area contributed by atoms with E-state index in [-0.39, 0.29) is 0 Å². The van der Waals surface area contributed by atoms with Crippen molar-refractivity contribution in [3.8, 4) is 0 Å². The Morgan fingerprint density at radius 2 is 1.71 bits per heavy atom. The molecule has 0 spiro atoms. The van der Waals surface area contributed by atoms with E-state index in [1.807, 2.05) is 13.2 Å². The molecular weight excluding hydrogens is 262 g/mol. The van der Waals surface area contributed by atoms with Crippen LogP contribution < -0.4 is 11.3 Å². The van der Waals surface area contributed by atoms with Crippen LogP contribution in [0.2, 0.25) is 0 Å². The van der Waals surface area contributed by atoms with Crippen LogP contribution >= 0.6 is 0 Å². The van der Waals surface area contributed by atoms with Gasteiger partial charge in [-0.05, 0) is 6.42 Å². The smallest absolute Gasteiger partial charge is 0.0843 e. The lowest BCUT2D eigenvalue weighted by Crippen LogP contribution is -2.36. The van der Waals surface area contributed by atoms with Crippen LogP contribution in [0.25, 0.3) is 0 Å². The molecule has 1 atom stereocenters. The van der Waals surface area contributed by atoms with Gasteiger partial charge >= 0.3 is 0 Å². The fraction of sp³-hybridized carbons (Fsp3) is 0.875. The molecule has 5 nitrogen and oxygen atoms in total. The highest BCUT2D eigenvalue weighted by molar-refractivity contribution is 4.95. The average molecular weight is 295 g/mol. The van der Waals surface area contributed by atoms with Gasteiger partial charge in [0, 0.05) is 25.7 Å². The number of nitrogens with two attached hydrogens (primary N) is 1. The van der Waals surface area contributed by atoms with Gasteiger partial charge in [0.25, 0.3) is 0 Å². The summed E-state index contributed by atoms with van der Waals surface area (Å²) in [5.41, 5.74) is 3.92. The van der Waals surface area contributed by atoms with Gasteiger partial charge in [-0.15, -0.1) is 5.10 Å². The molecule has 122 valence electrons.